The number of tetrazole rings is 2. The molecule has 0 aliphatic heterocycles. The van der Waals surface area contributed by atoms with Crippen molar-refractivity contribution in [3.63, 3.8) is 0 Å². The van der Waals surface area contributed by atoms with Gasteiger partial charge in [0.15, 0.2) is 20.3 Å². The largest absolute Gasteiger partial charge is 0.229 e. The zero-order chi connectivity index (χ0) is 17.5. The highest BCUT2D eigenvalue weighted by molar-refractivity contribution is 8.02. The van der Waals surface area contributed by atoms with E-state index in [1.165, 1.54) is 0 Å². The van der Waals surface area contributed by atoms with Crippen LogP contribution < -0.4 is 0 Å². The maximum atomic E-state index is 4.22. The number of aryl methyl sites for hydroxylation is 2. The van der Waals surface area contributed by atoms with Crippen LogP contribution in [0.15, 0.2) is 8.68 Å². The lowest BCUT2D eigenvalue weighted by Crippen LogP contribution is -2.04. The molecule has 3 aromatic rings. The molecular weight excluding hydrogens is 380 g/mol. The predicted molar refractivity (Wildman–Crippen MR) is 95.2 cm³/mol. The summed E-state index contributed by atoms with van der Waals surface area (Å²) in [5.41, 5.74) is 0. The Balaban J connectivity index is 1.52. The smallest absolute Gasteiger partial charge is 0.175 e. The molecule has 3 heterocycles. The molecule has 0 saturated heterocycles. The van der Waals surface area contributed by atoms with Crippen molar-refractivity contribution < 1.29 is 0 Å². The number of hydrogen-bond donors (Lipinski definition) is 0. The lowest BCUT2D eigenvalue weighted by Gasteiger charge is -2.00. The van der Waals surface area contributed by atoms with E-state index in [0.29, 0.717) is 11.5 Å². The molecule has 0 aromatic carbocycles. The van der Waals surface area contributed by atoms with Crippen LogP contribution in [0.2, 0.25) is 0 Å². The van der Waals surface area contributed by atoms with Crippen molar-refractivity contribution >= 4 is 34.9 Å². The Morgan fingerprint density at radius 1 is 0.760 bits per heavy atom. The summed E-state index contributed by atoms with van der Waals surface area (Å²) in [6, 6.07) is 0. The topological polar surface area (TPSA) is 113 Å². The molecule has 0 unspecified atom stereocenters. The molecule has 10 nitrogen and oxygen atoms in total. The van der Waals surface area contributed by atoms with E-state index in [9.17, 15) is 0 Å². The Morgan fingerprint density at radius 3 is 1.68 bits per heavy atom. The molecule has 3 rings (SSSR count). The van der Waals surface area contributed by atoms with Gasteiger partial charge in [0.05, 0.1) is 11.5 Å². The summed E-state index contributed by atoms with van der Waals surface area (Å²) in [4.78, 5) is 0. The van der Waals surface area contributed by atoms with Crippen molar-refractivity contribution in [2.75, 3.05) is 0 Å². The highest BCUT2D eigenvalue weighted by Crippen LogP contribution is 2.31. The van der Waals surface area contributed by atoms with Gasteiger partial charge in [-0.05, 0) is 33.7 Å². The van der Waals surface area contributed by atoms with Gasteiger partial charge in [0.2, 0.25) is 0 Å². The molecule has 0 aliphatic carbocycles. The second-order valence-electron chi connectivity index (χ2n) is 5.05. The van der Waals surface area contributed by atoms with E-state index < -0.39 is 0 Å². The van der Waals surface area contributed by atoms with Gasteiger partial charge in [0.1, 0.15) is 0 Å². The number of hydrogen-bond acceptors (Lipinski definition) is 11. The molecule has 0 N–H and O–H groups in total. The van der Waals surface area contributed by atoms with Gasteiger partial charge in [-0.1, -0.05) is 48.7 Å². The van der Waals surface area contributed by atoms with E-state index in [0.717, 1.165) is 46.3 Å². The Kier molecular flexibility index (Phi) is 6.69. The monoisotopic (exact) mass is 398 g/mol. The number of nitrogens with zero attached hydrogens (tertiary/aromatic N) is 10. The average molecular weight is 399 g/mol. The normalized spacial score (nSPS) is 11.3. The molecule has 134 valence electrons. The first-order valence-corrected chi connectivity index (χ1v) is 10.7. The van der Waals surface area contributed by atoms with Gasteiger partial charge >= 0.3 is 0 Å². The Labute approximate surface area is 157 Å². The third-order valence-electron chi connectivity index (χ3n) is 3.12. The molecule has 0 atom stereocenters. The molecule has 0 fully saturated rings. The standard InChI is InChI=1S/C12H18N10S3/c1-3-5-21-9(13-17-19-21)7-23-11-15-16-12(25-11)24-8-10-14-18-20-22(10)6-4-2/h3-8H2,1-2H3. The van der Waals surface area contributed by atoms with E-state index in [-0.39, 0.29) is 0 Å². The number of aromatic nitrogens is 10. The molecular formula is C12H18N10S3. The number of thioether (sulfide) groups is 2. The molecule has 0 aliphatic rings. The Hall–Kier alpha value is -1.60. The van der Waals surface area contributed by atoms with Crippen molar-refractivity contribution in [3.8, 4) is 0 Å². The fourth-order valence-electron chi connectivity index (χ4n) is 1.99. The molecule has 13 heteroatoms. The van der Waals surface area contributed by atoms with Crippen molar-refractivity contribution in [1.82, 2.24) is 50.6 Å². The van der Waals surface area contributed by atoms with Crippen LogP contribution >= 0.6 is 34.9 Å². The van der Waals surface area contributed by atoms with Crippen LogP contribution in [0.5, 0.6) is 0 Å². The SMILES string of the molecule is CCCn1nnnc1CSc1nnc(SCc2nnnn2CCC)s1. The summed E-state index contributed by atoms with van der Waals surface area (Å²) in [5, 5.41) is 32.0. The van der Waals surface area contributed by atoms with Crippen LogP contribution in [-0.2, 0) is 24.6 Å². The van der Waals surface area contributed by atoms with Crippen molar-refractivity contribution in [1.29, 1.82) is 0 Å². The van der Waals surface area contributed by atoms with Gasteiger partial charge in [-0.3, -0.25) is 0 Å². The zero-order valence-corrected chi connectivity index (χ0v) is 16.4. The first kappa shape index (κ1) is 18.2. The summed E-state index contributed by atoms with van der Waals surface area (Å²) in [6.07, 6.45) is 2.00. The van der Waals surface area contributed by atoms with Crippen molar-refractivity contribution in [2.24, 2.45) is 0 Å². The molecule has 25 heavy (non-hydrogen) atoms. The molecule has 0 amide bonds. The van der Waals surface area contributed by atoms with E-state index >= 15 is 0 Å². The van der Waals surface area contributed by atoms with Crippen LogP contribution in [0, 0.1) is 0 Å². The van der Waals surface area contributed by atoms with E-state index in [2.05, 4.69) is 55.1 Å². The van der Waals surface area contributed by atoms with Crippen LogP contribution in [-0.4, -0.2) is 50.6 Å². The second kappa shape index (κ2) is 9.20. The summed E-state index contributed by atoms with van der Waals surface area (Å²) in [7, 11) is 0. The van der Waals surface area contributed by atoms with Gasteiger partial charge in [0.25, 0.3) is 0 Å². The molecule has 0 saturated carbocycles. The summed E-state index contributed by atoms with van der Waals surface area (Å²) in [5.74, 6) is 3.08. The number of rotatable bonds is 10. The predicted octanol–water partition coefficient (Wildman–Crippen LogP) is 1.92. The van der Waals surface area contributed by atoms with Crippen LogP contribution in [0.3, 0.4) is 0 Å². The summed E-state index contributed by atoms with van der Waals surface area (Å²) in [6.45, 7) is 5.85. The van der Waals surface area contributed by atoms with Crippen molar-refractivity contribution in [2.45, 2.75) is 60.0 Å². The molecule has 0 bridgehead atoms. The quantitative estimate of drug-likeness (QED) is 0.469. The molecule has 0 spiro atoms. The summed E-state index contributed by atoms with van der Waals surface area (Å²) < 4.78 is 5.47. The minimum Gasteiger partial charge on any atom is -0.229 e. The Morgan fingerprint density at radius 2 is 1.24 bits per heavy atom. The van der Waals surface area contributed by atoms with Crippen LogP contribution in [0.1, 0.15) is 38.3 Å². The maximum Gasteiger partial charge on any atom is 0.175 e. The second-order valence-corrected chi connectivity index (χ2v) is 8.47. The highest BCUT2D eigenvalue weighted by Gasteiger charge is 2.12. The minimum atomic E-state index is 0.682. The third kappa shape index (κ3) is 4.95. The minimum absolute atomic E-state index is 0.682. The molecule has 3 aromatic heterocycles. The zero-order valence-electron chi connectivity index (χ0n) is 13.9. The first-order chi connectivity index (χ1) is 12.3. The fraction of sp³-hybridized carbons (Fsp3) is 0.667. The lowest BCUT2D eigenvalue weighted by atomic mass is 10.5. The van der Waals surface area contributed by atoms with Gasteiger partial charge in [0, 0.05) is 13.1 Å². The van der Waals surface area contributed by atoms with Crippen LogP contribution in [0.4, 0.5) is 0 Å². The maximum absolute atomic E-state index is 4.22. The third-order valence-corrected chi connectivity index (χ3v) is 6.30. The van der Waals surface area contributed by atoms with Crippen LogP contribution in [0.25, 0.3) is 0 Å². The first-order valence-electron chi connectivity index (χ1n) is 7.89. The van der Waals surface area contributed by atoms with E-state index in [4.69, 9.17) is 0 Å². The van der Waals surface area contributed by atoms with Gasteiger partial charge < -0.3 is 0 Å². The van der Waals surface area contributed by atoms with Gasteiger partial charge in [-0.15, -0.1) is 20.4 Å². The van der Waals surface area contributed by atoms with Gasteiger partial charge in [-0.25, -0.2) is 9.36 Å². The lowest BCUT2D eigenvalue weighted by molar-refractivity contribution is 0.564. The van der Waals surface area contributed by atoms with E-state index in [1.54, 1.807) is 34.9 Å². The average Bonchev–Trinajstić information content (AvgIpc) is 3.33. The fourth-order valence-corrected chi connectivity index (χ4v) is 4.88. The van der Waals surface area contributed by atoms with Crippen molar-refractivity contribution in [3.05, 3.63) is 11.6 Å². The van der Waals surface area contributed by atoms with E-state index in [1.807, 2.05) is 9.36 Å². The summed E-state index contributed by atoms with van der Waals surface area (Å²) >= 11 is 4.76. The van der Waals surface area contributed by atoms with Gasteiger partial charge in [-0.2, -0.15) is 0 Å². The Bertz CT molecular complexity index is 719. The highest BCUT2D eigenvalue weighted by atomic mass is 32.2. The molecule has 0 radical (unpaired) electrons.